The summed E-state index contributed by atoms with van der Waals surface area (Å²) in [4.78, 5) is 0. The summed E-state index contributed by atoms with van der Waals surface area (Å²) < 4.78 is 45.9. The number of ether oxygens (including phenoxy) is 2. The molecule has 0 heterocycles. The molecule has 1 aromatic rings. The smallest absolute Gasteiger partial charge is 0.489 e. The van der Waals surface area contributed by atoms with Crippen molar-refractivity contribution in [3.05, 3.63) is 23.8 Å². The maximum Gasteiger partial charge on any atom is 0.573 e. The highest BCUT2D eigenvalue weighted by atomic mass is 19.4. The fourth-order valence-electron chi connectivity index (χ4n) is 1.41. The van der Waals surface area contributed by atoms with Gasteiger partial charge in [0.05, 0.1) is 6.61 Å². The largest absolute Gasteiger partial charge is 0.573 e. The zero-order valence-corrected chi connectivity index (χ0v) is 9.46. The summed E-state index contributed by atoms with van der Waals surface area (Å²) in [6, 6.07) is 4.07. The molecule has 0 unspecified atom stereocenters. The molecule has 1 aliphatic carbocycles. The van der Waals surface area contributed by atoms with E-state index in [4.69, 9.17) is 11.2 Å². The van der Waals surface area contributed by atoms with E-state index in [0.29, 0.717) is 18.1 Å². The molecule has 1 fully saturated rings. The third-order valence-electron chi connectivity index (χ3n) is 2.51. The van der Waals surface area contributed by atoms with Crippen molar-refractivity contribution in [1.29, 1.82) is 0 Å². The lowest BCUT2D eigenvalue weighted by molar-refractivity contribution is -0.275. The van der Waals surface area contributed by atoms with Crippen molar-refractivity contribution in [3.63, 3.8) is 0 Å². The number of rotatable bonds is 4. The first-order valence-corrected chi connectivity index (χ1v) is 5.47. The zero-order valence-electron chi connectivity index (χ0n) is 9.46. The number of alkyl halides is 3. The van der Waals surface area contributed by atoms with E-state index in [-0.39, 0.29) is 5.75 Å². The Labute approximate surface area is 103 Å². The maximum atomic E-state index is 12.2. The topological polar surface area (TPSA) is 18.5 Å². The number of terminal acetylenes is 1. The molecule has 0 atom stereocenters. The Morgan fingerprint density at radius 1 is 1.28 bits per heavy atom. The summed E-state index contributed by atoms with van der Waals surface area (Å²) in [5.74, 6) is 2.37. The van der Waals surface area contributed by atoms with Gasteiger partial charge < -0.3 is 9.47 Å². The van der Waals surface area contributed by atoms with Crippen molar-refractivity contribution in [1.82, 2.24) is 0 Å². The van der Waals surface area contributed by atoms with Crippen molar-refractivity contribution in [2.24, 2.45) is 5.92 Å². The average Bonchev–Trinajstić information content (AvgIpc) is 3.09. The molecule has 0 saturated heterocycles. The van der Waals surface area contributed by atoms with Gasteiger partial charge in [0.15, 0.2) is 11.5 Å². The SMILES string of the molecule is C#Cc1ccc(OCC2CC2)c(OC(F)(F)F)c1. The third-order valence-corrected chi connectivity index (χ3v) is 2.51. The fraction of sp³-hybridized carbons (Fsp3) is 0.385. The van der Waals surface area contributed by atoms with E-state index >= 15 is 0 Å². The van der Waals surface area contributed by atoms with E-state index in [9.17, 15) is 13.2 Å². The van der Waals surface area contributed by atoms with Crippen LogP contribution < -0.4 is 9.47 Å². The first-order chi connectivity index (χ1) is 8.48. The molecule has 5 heteroatoms. The van der Waals surface area contributed by atoms with Gasteiger partial charge >= 0.3 is 6.36 Å². The lowest BCUT2D eigenvalue weighted by Gasteiger charge is -2.14. The summed E-state index contributed by atoms with van der Waals surface area (Å²) >= 11 is 0. The van der Waals surface area contributed by atoms with Crippen LogP contribution in [-0.4, -0.2) is 13.0 Å². The van der Waals surface area contributed by atoms with Crippen LogP contribution >= 0.6 is 0 Å². The van der Waals surface area contributed by atoms with Gasteiger partial charge in [-0.1, -0.05) is 5.92 Å². The summed E-state index contributed by atoms with van der Waals surface area (Å²) in [6.07, 6.45) is 2.49. The van der Waals surface area contributed by atoms with E-state index in [0.717, 1.165) is 18.9 Å². The van der Waals surface area contributed by atoms with Gasteiger partial charge in [0.1, 0.15) is 0 Å². The molecule has 0 aliphatic heterocycles. The minimum absolute atomic E-state index is 0.0678. The average molecular weight is 256 g/mol. The Morgan fingerprint density at radius 3 is 2.56 bits per heavy atom. The van der Waals surface area contributed by atoms with Crippen molar-refractivity contribution in [2.75, 3.05) is 6.61 Å². The number of benzene rings is 1. The molecule has 0 radical (unpaired) electrons. The predicted molar refractivity (Wildman–Crippen MR) is 59.3 cm³/mol. The standard InChI is InChI=1S/C13H11F3O2/c1-2-9-5-6-11(17-8-10-3-4-10)12(7-9)18-13(14,15)16/h1,5-7,10H,3-4,8H2. The highest BCUT2D eigenvalue weighted by molar-refractivity contribution is 5.47. The summed E-state index contributed by atoms with van der Waals surface area (Å²) in [6.45, 7) is 0.406. The van der Waals surface area contributed by atoms with E-state index in [1.165, 1.54) is 12.1 Å². The van der Waals surface area contributed by atoms with E-state index < -0.39 is 12.1 Å². The second-order valence-electron chi connectivity index (χ2n) is 4.11. The van der Waals surface area contributed by atoms with Gasteiger partial charge in [-0.25, -0.2) is 0 Å². The Morgan fingerprint density at radius 2 is 2.00 bits per heavy atom. The van der Waals surface area contributed by atoms with Crippen molar-refractivity contribution >= 4 is 0 Å². The van der Waals surface area contributed by atoms with Gasteiger partial charge in [-0.15, -0.1) is 19.6 Å². The van der Waals surface area contributed by atoms with Crippen LogP contribution in [0.4, 0.5) is 13.2 Å². The molecule has 96 valence electrons. The van der Waals surface area contributed by atoms with Crippen LogP contribution in [0.1, 0.15) is 18.4 Å². The summed E-state index contributed by atoms with van der Waals surface area (Å²) in [7, 11) is 0. The Balaban J connectivity index is 2.17. The molecule has 2 nitrogen and oxygen atoms in total. The van der Waals surface area contributed by atoms with Crippen LogP contribution in [0.3, 0.4) is 0 Å². The lowest BCUT2D eigenvalue weighted by atomic mass is 10.2. The van der Waals surface area contributed by atoms with Crippen LogP contribution in [0, 0.1) is 18.3 Å². The highest BCUT2D eigenvalue weighted by Gasteiger charge is 2.33. The number of hydrogen-bond acceptors (Lipinski definition) is 2. The van der Waals surface area contributed by atoms with E-state index in [1.54, 1.807) is 0 Å². The van der Waals surface area contributed by atoms with Crippen LogP contribution in [0.25, 0.3) is 0 Å². The van der Waals surface area contributed by atoms with Crippen molar-refractivity contribution in [2.45, 2.75) is 19.2 Å². The second kappa shape index (κ2) is 4.81. The molecular weight excluding hydrogens is 245 g/mol. The van der Waals surface area contributed by atoms with Crippen molar-refractivity contribution in [3.8, 4) is 23.8 Å². The van der Waals surface area contributed by atoms with Gasteiger partial charge in [0.25, 0.3) is 0 Å². The Hall–Kier alpha value is -1.83. The molecule has 0 aromatic heterocycles. The summed E-state index contributed by atoms with van der Waals surface area (Å²) in [5.41, 5.74) is 0.313. The van der Waals surface area contributed by atoms with Gasteiger partial charge in [0.2, 0.25) is 0 Å². The lowest BCUT2D eigenvalue weighted by Crippen LogP contribution is -2.18. The monoisotopic (exact) mass is 256 g/mol. The normalized spacial score (nSPS) is 15.0. The molecule has 1 aromatic carbocycles. The van der Waals surface area contributed by atoms with E-state index in [1.807, 2.05) is 0 Å². The molecular formula is C13H11F3O2. The molecule has 1 saturated carbocycles. The maximum absolute atomic E-state index is 12.2. The summed E-state index contributed by atoms with van der Waals surface area (Å²) in [5, 5.41) is 0. The van der Waals surface area contributed by atoms with Crippen LogP contribution in [0.15, 0.2) is 18.2 Å². The van der Waals surface area contributed by atoms with Crippen LogP contribution in [0.2, 0.25) is 0 Å². The molecule has 2 rings (SSSR count). The number of hydrogen-bond donors (Lipinski definition) is 0. The minimum atomic E-state index is -4.76. The highest BCUT2D eigenvalue weighted by Crippen LogP contribution is 2.35. The zero-order chi connectivity index (χ0) is 13.2. The molecule has 18 heavy (non-hydrogen) atoms. The number of halogens is 3. The molecule has 0 spiro atoms. The van der Waals surface area contributed by atoms with E-state index in [2.05, 4.69) is 10.7 Å². The fourth-order valence-corrected chi connectivity index (χ4v) is 1.41. The first kappa shape index (κ1) is 12.6. The minimum Gasteiger partial charge on any atom is -0.489 e. The Kier molecular flexibility index (Phi) is 3.37. The van der Waals surface area contributed by atoms with Gasteiger partial charge in [-0.2, -0.15) is 0 Å². The molecule has 0 amide bonds. The first-order valence-electron chi connectivity index (χ1n) is 5.47. The molecule has 0 bridgehead atoms. The molecule has 0 N–H and O–H groups in total. The van der Waals surface area contributed by atoms with Crippen LogP contribution in [0.5, 0.6) is 11.5 Å². The van der Waals surface area contributed by atoms with Gasteiger partial charge in [-0.3, -0.25) is 0 Å². The Bertz CT molecular complexity index is 470. The third kappa shape index (κ3) is 3.59. The van der Waals surface area contributed by atoms with Crippen LogP contribution in [-0.2, 0) is 0 Å². The van der Waals surface area contributed by atoms with Gasteiger partial charge in [0, 0.05) is 11.6 Å². The van der Waals surface area contributed by atoms with Crippen molar-refractivity contribution < 1.29 is 22.6 Å². The molecule has 1 aliphatic rings. The predicted octanol–water partition coefficient (Wildman–Crippen LogP) is 3.36. The van der Waals surface area contributed by atoms with Gasteiger partial charge in [-0.05, 0) is 30.9 Å². The quantitative estimate of drug-likeness (QED) is 0.769. The second-order valence-corrected chi connectivity index (χ2v) is 4.11.